The zero-order chi connectivity index (χ0) is 16.1. The van der Waals surface area contributed by atoms with Crippen LogP contribution in [0.4, 0.5) is 5.69 Å². The van der Waals surface area contributed by atoms with E-state index < -0.39 is 5.91 Å². The van der Waals surface area contributed by atoms with Crippen LogP contribution in [0, 0.1) is 5.92 Å². The van der Waals surface area contributed by atoms with E-state index in [4.69, 9.17) is 5.73 Å². The Bertz CT molecular complexity index is 928. The summed E-state index contributed by atoms with van der Waals surface area (Å²) in [6.45, 7) is 4.32. The number of fused-ring (bicyclic) bond motifs is 2. The molecule has 1 atom stereocenters. The van der Waals surface area contributed by atoms with Crippen LogP contribution in [0.2, 0.25) is 0 Å². The van der Waals surface area contributed by atoms with Gasteiger partial charge in [0.15, 0.2) is 11.3 Å². The molecule has 23 heavy (non-hydrogen) atoms. The van der Waals surface area contributed by atoms with Crippen molar-refractivity contribution >= 4 is 22.6 Å². The molecule has 4 N–H and O–H groups in total. The number of aromatic amines is 1. The molecule has 0 radical (unpaired) electrons. The Kier molecular flexibility index (Phi) is 2.87. The lowest BCUT2D eigenvalue weighted by Crippen LogP contribution is -2.16. The number of carbonyl (C=O) groups is 1. The van der Waals surface area contributed by atoms with E-state index in [-0.39, 0.29) is 11.7 Å². The summed E-state index contributed by atoms with van der Waals surface area (Å²) < 4.78 is 0. The van der Waals surface area contributed by atoms with Crippen molar-refractivity contribution in [1.29, 1.82) is 0 Å². The SMILES string of the molecule is CC(C)C1Nc2ccccc2-c2c(C(N)=O)nnc3[nH]cc1c23. The van der Waals surface area contributed by atoms with Gasteiger partial charge in [0.25, 0.3) is 5.91 Å². The van der Waals surface area contributed by atoms with Crippen molar-refractivity contribution in [3.63, 3.8) is 0 Å². The summed E-state index contributed by atoms with van der Waals surface area (Å²) in [6.07, 6.45) is 1.94. The topological polar surface area (TPSA) is 96.7 Å². The van der Waals surface area contributed by atoms with Crippen LogP contribution < -0.4 is 11.1 Å². The number of hydrogen-bond acceptors (Lipinski definition) is 4. The smallest absolute Gasteiger partial charge is 0.269 e. The summed E-state index contributed by atoms with van der Waals surface area (Å²) in [5.74, 6) is -0.211. The van der Waals surface area contributed by atoms with Crippen LogP contribution in [-0.2, 0) is 0 Å². The number of benzene rings is 1. The first kappa shape index (κ1) is 13.8. The second kappa shape index (κ2) is 4.81. The Balaban J connectivity index is 2.18. The number of para-hydroxylation sites is 1. The fourth-order valence-electron chi connectivity index (χ4n) is 3.32. The van der Waals surface area contributed by atoms with Gasteiger partial charge in [0, 0.05) is 34.0 Å². The van der Waals surface area contributed by atoms with E-state index in [9.17, 15) is 4.79 Å². The monoisotopic (exact) mass is 307 g/mol. The van der Waals surface area contributed by atoms with Crippen molar-refractivity contribution in [1.82, 2.24) is 15.2 Å². The molecule has 0 saturated carbocycles. The van der Waals surface area contributed by atoms with Gasteiger partial charge in [0.2, 0.25) is 0 Å². The van der Waals surface area contributed by atoms with Crippen molar-refractivity contribution in [2.24, 2.45) is 11.7 Å². The molecular weight excluding hydrogens is 290 g/mol. The predicted molar refractivity (Wildman–Crippen MR) is 89.0 cm³/mol. The van der Waals surface area contributed by atoms with Gasteiger partial charge in [-0.25, -0.2) is 0 Å². The van der Waals surface area contributed by atoms with Gasteiger partial charge >= 0.3 is 0 Å². The molecule has 2 aromatic heterocycles. The molecular formula is C17H17N5O. The average Bonchev–Trinajstić information content (AvgIpc) is 2.88. The van der Waals surface area contributed by atoms with Gasteiger partial charge in [-0.05, 0) is 12.0 Å². The lowest BCUT2D eigenvalue weighted by atomic mass is 9.94. The summed E-state index contributed by atoms with van der Waals surface area (Å²) in [7, 11) is 0. The Morgan fingerprint density at radius 2 is 2.04 bits per heavy atom. The fraction of sp³-hybridized carbons (Fsp3) is 0.235. The zero-order valence-corrected chi connectivity index (χ0v) is 12.9. The average molecular weight is 307 g/mol. The molecule has 3 heterocycles. The second-order valence-corrected chi connectivity index (χ2v) is 6.17. The minimum absolute atomic E-state index is 0.107. The van der Waals surface area contributed by atoms with Crippen molar-refractivity contribution in [3.8, 4) is 11.1 Å². The van der Waals surface area contributed by atoms with Crippen LogP contribution in [0.25, 0.3) is 22.2 Å². The number of primary amides is 1. The first-order valence-corrected chi connectivity index (χ1v) is 7.61. The van der Waals surface area contributed by atoms with Crippen LogP contribution in [0.5, 0.6) is 0 Å². The number of carbonyl (C=O) groups excluding carboxylic acids is 1. The Labute approximate surface area is 133 Å². The maximum Gasteiger partial charge on any atom is 0.269 e. The number of nitrogens with zero attached hydrogens (tertiary/aromatic N) is 2. The lowest BCUT2D eigenvalue weighted by Gasteiger charge is -2.22. The van der Waals surface area contributed by atoms with E-state index in [1.54, 1.807) is 0 Å². The van der Waals surface area contributed by atoms with Gasteiger partial charge in [0.1, 0.15) is 0 Å². The van der Waals surface area contributed by atoms with E-state index in [1.165, 1.54) is 0 Å². The van der Waals surface area contributed by atoms with Crippen LogP contribution >= 0.6 is 0 Å². The van der Waals surface area contributed by atoms with Crippen LogP contribution in [0.1, 0.15) is 35.9 Å². The highest BCUT2D eigenvalue weighted by Crippen LogP contribution is 2.44. The molecule has 1 aliphatic heterocycles. The predicted octanol–water partition coefficient (Wildman–Crippen LogP) is 2.85. The summed E-state index contributed by atoms with van der Waals surface area (Å²) in [4.78, 5) is 15.1. The molecule has 1 aliphatic rings. The van der Waals surface area contributed by atoms with Gasteiger partial charge in [0.05, 0.1) is 6.04 Å². The number of amides is 1. The third-order valence-electron chi connectivity index (χ3n) is 4.37. The summed E-state index contributed by atoms with van der Waals surface area (Å²) in [6, 6.07) is 8.01. The molecule has 3 aromatic rings. The molecule has 116 valence electrons. The Morgan fingerprint density at radius 1 is 1.26 bits per heavy atom. The number of nitrogens with two attached hydrogens (primary N) is 1. The highest BCUT2D eigenvalue weighted by atomic mass is 16.1. The molecule has 0 spiro atoms. The molecule has 0 saturated heterocycles. The summed E-state index contributed by atoms with van der Waals surface area (Å²) in [5.41, 5.74) is 10.2. The van der Waals surface area contributed by atoms with Crippen LogP contribution in [0.3, 0.4) is 0 Å². The number of H-pyrrole nitrogens is 1. The summed E-state index contributed by atoms with van der Waals surface area (Å²) in [5, 5.41) is 12.7. The molecule has 6 nitrogen and oxygen atoms in total. The molecule has 0 aliphatic carbocycles. The fourth-order valence-corrected chi connectivity index (χ4v) is 3.32. The van der Waals surface area contributed by atoms with Gasteiger partial charge in [-0.1, -0.05) is 32.0 Å². The van der Waals surface area contributed by atoms with Crippen molar-refractivity contribution in [3.05, 3.63) is 41.7 Å². The number of rotatable bonds is 2. The van der Waals surface area contributed by atoms with E-state index in [2.05, 4.69) is 34.3 Å². The van der Waals surface area contributed by atoms with E-state index in [0.717, 1.165) is 27.8 Å². The van der Waals surface area contributed by atoms with Gasteiger partial charge in [-0.3, -0.25) is 4.79 Å². The standard InChI is InChI=1S/C17H17N5O/c1-8(2)14-10-7-19-17-13(10)12(15(16(18)23)21-22-17)9-5-3-4-6-11(9)20-14/h3-8,14,20H,1-2H3,(H2,18,23)(H,19,22). The first-order chi connectivity index (χ1) is 11.1. The van der Waals surface area contributed by atoms with Crippen molar-refractivity contribution in [2.75, 3.05) is 5.32 Å². The maximum atomic E-state index is 11.9. The van der Waals surface area contributed by atoms with E-state index >= 15 is 0 Å². The Morgan fingerprint density at radius 3 is 2.78 bits per heavy atom. The van der Waals surface area contributed by atoms with Gasteiger partial charge < -0.3 is 16.0 Å². The minimum atomic E-state index is -0.570. The maximum absolute atomic E-state index is 11.9. The van der Waals surface area contributed by atoms with Crippen molar-refractivity contribution < 1.29 is 4.79 Å². The third-order valence-corrected chi connectivity index (χ3v) is 4.37. The molecule has 0 fully saturated rings. The first-order valence-electron chi connectivity index (χ1n) is 7.61. The van der Waals surface area contributed by atoms with Gasteiger partial charge in [-0.2, -0.15) is 0 Å². The summed E-state index contributed by atoms with van der Waals surface area (Å²) >= 11 is 0. The number of aromatic nitrogens is 3. The molecule has 1 unspecified atom stereocenters. The van der Waals surface area contributed by atoms with E-state index in [0.29, 0.717) is 11.6 Å². The lowest BCUT2D eigenvalue weighted by molar-refractivity contribution is 0.0995. The zero-order valence-electron chi connectivity index (χ0n) is 12.9. The minimum Gasteiger partial charge on any atom is -0.377 e. The molecule has 4 rings (SSSR count). The van der Waals surface area contributed by atoms with E-state index in [1.807, 2.05) is 30.5 Å². The third kappa shape index (κ3) is 1.91. The second-order valence-electron chi connectivity index (χ2n) is 6.17. The van der Waals surface area contributed by atoms with Crippen LogP contribution in [0.15, 0.2) is 30.5 Å². The highest BCUT2D eigenvalue weighted by molar-refractivity contribution is 6.09. The Hall–Kier alpha value is -2.89. The highest BCUT2D eigenvalue weighted by Gasteiger charge is 2.30. The quantitative estimate of drug-likeness (QED) is 0.678. The van der Waals surface area contributed by atoms with Crippen molar-refractivity contribution in [2.45, 2.75) is 19.9 Å². The normalized spacial score (nSPS) is 16.0. The molecule has 6 heteroatoms. The number of anilines is 1. The molecule has 1 aromatic carbocycles. The number of nitrogens with one attached hydrogen (secondary N) is 2. The largest absolute Gasteiger partial charge is 0.377 e. The number of hydrogen-bond donors (Lipinski definition) is 3. The molecule has 0 bridgehead atoms. The van der Waals surface area contributed by atoms with Gasteiger partial charge in [-0.15, -0.1) is 10.2 Å². The molecule has 1 amide bonds. The van der Waals surface area contributed by atoms with Crippen LogP contribution in [-0.4, -0.2) is 21.1 Å².